The molecular formula is C18H24Cl2FN3O2. The molecule has 2 unspecified atom stereocenters. The van der Waals surface area contributed by atoms with Crippen molar-refractivity contribution >= 4 is 30.7 Å². The molecule has 0 saturated carbocycles. The summed E-state index contributed by atoms with van der Waals surface area (Å²) in [5.41, 5.74) is 0.378. The average Bonchev–Trinajstić information content (AvgIpc) is 3.04. The van der Waals surface area contributed by atoms with E-state index in [1.807, 2.05) is 0 Å². The van der Waals surface area contributed by atoms with Gasteiger partial charge in [0.1, 0.15) is 5.82 Å². The first kappa shape index (κ1) is 22.4. The predicted octanol–water partition coefficient (Wildman–Crippen LogP) is 3.37. The molecule has 8 heteroatoms. The molecule has 1 aliphatic rings. The van der Waals surface area contributed by atoms with Crippen molar-refractivity contribution in [1.82, 2.24) is 15.6 Å². The van der Waals surface area contributed by atoms with Gasteiger partial charge in [0.05, 0.1) is 11.8 Å². The van der Waals surface area contributed by atoms with E-state index in [-0.39, 0.29) is 42.6 Å². The Balaban J connectivity index is 0.00000169. The topological polar surface area (TPSA) is 67.2 Å². The molecule has 0 radical (unpaired) electrons. The number of carbonyl (C=O) groups excluding carboxylic acids is 1. The number of rotatable bonds is 5. The van der Waals surface area contributed by atoms with Crippen LogP contribution in [0.4, 0.5) is 4.39 Å². The maximum atomic E-state index is 13.7. The Kier molecular flexibility index (Phi) is 9.05. The second kappa shape index (κ2) is 10.5. The average molecular weight is 404 g/mol. The van der Waals surface area contributed by atoms with Gasteiger partial charge in [-0.15, -0.1) is 24.8 Å². The van der Waals surface area contributed by atoms with Crippen molar-refractivity contribution in [3.8, 4) is 11.3 Å². The number of amides is 1. The lowest BCUT2D eigenvalue weighted by atomic mass is 9.95. The molecule has 0 aliphatic carbocycles. The van der Waals surface area contributed by atoms with Gasteiger partial charge in [0.25, 0.3) is 0 Å². The highest BCUT2D eigenvalue weighted by molar-refractivity contribution is 5.85. The van der Waals surface area contributed by atoms with E-state index < -0.39 is 0 Å². The molecule has 1 aromatic carbocycles. The highest BCUT2D eigenvalue weighted by atomic mass is 35.5. The Morgan fingerprint density at radius 3 is 2.88 bits per heavy atom. The molecule has 1 saturated heterocycles. The summed E-state index contributed by atoms with van der Waals surface area (Å²) < 4.78 is 19.3. The zero-order valence-corrected chi connectivity index (χ0v) is 16.2. The molecule has 1 aromatic heterocycles. The van der Waals surface area contributed by atoms with Crippen molar-refractivity contribution in [3.63, 3.8) is 0 Å². The minimum absolute atomic E-state index is 0. The Hall–Kier alpha value is -1.63. The van der Waals surface area contributed by atoms with Crippen LogP contribution in [0.5, 0.6) is 0 Å². The molecule has 0 spiro atoms. The van der Waals surface area contributed by atoms with E-state index in [0.29, 0.717) is 36.0 Å². The fraction of sp³-hybridized carbons (Fsp3) is 0.444. The zero-order chi connectivity index (χ0) is 16.9. The summed E-state index contributed by atoms with van der Waals surface area (Å²) in [5.74, 6) is 0.939. The fourth-order valence-corrected chi connectivity index (χ4v) is 2.89. The van der Waals surface area contributed by atoms with Gasteiger partial charge < -0.3 is 15.1 Å². The number of aryl methyl sites for hydroxylation is 1. The van der Waals surface area contributed by atoms with Crippen LogP contribution in [0.1, 0.15) is 25.7 Å². The number of carbonyl (C=O) groups is 1. The third kappa shape index (κ3) is 5.69. The number of hydrogen-bond donors (Lipinski definition) is 2. The van der Waals surface area contributed by atoms with E-state index >= 15 is 0 Å². The summed E-state index contributed by atoms with van der Waals surface area (Å²) in [6.45, 7) is 3.96. The predicted molar refractivity (Wildman–Crippen MR) is 103 cm³/mol. The highest BCUT2D eigenvalue weighted by Gasteiger charge is 2.22. The van der Waals surface area contributed by atoms with Crippen LogP contribution in [0.15, 0.2) is 34.9 Å². The molecule has 1 amide bonds. The van der Waals surface area contributed by atoms with Gasteiger partial charge in [0.2, 0.25) is 5.91 Å². The summed E-state index contributed by atoms with van der Waals surface area (Å²) in [4.78, 5) is 16.2. The van der Waals surface area contributed by atoms with Gasteiger partial charge in [-0.3, -0.25) is 4.79 Å². The summed E-state index contributed by atoms with van der Waals surface area (Å²) >= 11 is 0. The van der Waals surface area contributed by atoms with Crippen molar-refractivity contribution < 1.29 is 13.6 Å². The van der Waals surface area contributed by atoms with Crippen LogP contribution in [0, 0.1) is 11.7 Å². The van der Waals surface area contributed by atoms with Gasteiger partial charge in [-0.2, -0.15) is 0 Å². The smallest absolute Gasteiger partial charge is 0.220 e. The molecule has 1 aliphatic heterocycles. The summed E-state index contributed by atoms with van der Waals surface area (Å²) in [5, 5.41) is 6.35. The Bertz CT molecular complexity index is 711. The van der Waals surface area contributed by atoms with Crippen molar-refractivity contribution in [2.45, 2.75) is 32.2 Å². The van der Waals surface area contributed by atoms with Crippen LogP contribution < -0.4 is 10.6 Å². The van der Waals surface area contributed by atoms with E-state index in [1.165, 1.54) is 12.3 Å². The molecule has 3 rings (SSSR count). The lowest BCUT2D eigenvalue weighted by Gasteiger charge is -2.30. The number of piperidine rings is 1. The number of nitrogens with one attached hydrogen (secondary N) is 2. The lowest BCUT2D eigenvalue weighted by molar-refractivity contribution is -0.122. The van der Waals surface area contributed by atoms with Crippen molar-refractivity contribution in [2.24, 2.45) is 5.92 Å². The molecule has 2 heterocycles. The largest absolute Gasteiger partial charge is 0.441 e. The highest BCUT2D eigenvalue weighted by Crippen LogP contribution is 2.23. The van der Waals surface area contributed by atoms with Gasteiger partial charge in [-0.05, 0) is 31.0 Å². The minimum atomic E-state index is -0.350. The lowest BCUT2D eigenvalue weighted by Crippen LogP contribution is -2.50. The normalized spacial score (nSPS) is 19.2. The zero-order valence-electron chi connectivity index (χ0n) is 14.5. The molecule has 0 bridgehead atoms. The number of halogens is 3. The quantitative estimate of drug-likeness (QED) is 0.802. The molecule has 2 N–H and O–H groups in total. The van der Waals surface area contributed by atoms with Gasteiger partial charge in [0.15, 0.2) is 11.7 Å². The maximum absolute atomic E-state index is 13.7. The number of benzene rings is 1. The van der Waals surface area contributed by atoms with Crippen LogP contribution in [0.2, 0.25) is 0 Å². The van der Waals surface area contributed by atoms with Gasteiger partial charge in [-0.25, -0.2) is 9.37 Å². The molecule has 144 valence electrons. The first-order chi connectivity index (χ1) is 11.6. The molecular weight excluding hydrogens is 380 g/mol. The standard InChI is InChI=1S/C18H22FN3O2.2ClH/c1-12-8-9-20-10-15(12)22-17(23)6-7-18-21-11-16(24-18)13-4-2-3-5-14(13)19;;/h2-5,11-12,15,20H,6-10H2,1H3,(H,22,23);2*1H. The number of oxazole rings is 1. The van der Waals surface area contributed by atoms with E-state index in [2.05, 4.69) is 22.5 Å². The number of nitrogens with zero attached hydrogens (tertiary/aromatic N) is 1. The van der Waals surface area contributed by atoms with E-state index in [9.17, 15) is 9.18 Å². The van der Waals surface area contributed by atoms with Gasteiger partial charge >= 0.3 is 0 Å². The van der Waals surface area contributed by atoms with Crippen LogP contribution >= 0.6 is 24.8 Å². The fourth-order valence-electron chi connectivity index (χ4n) is 2.89. The van der Waals surface area contributed by atoms with Crippen LogP contribution in [0.3, 0.4) is 0 Å². The summed E-state index contributed by atoms with van der Waals surface area (Å²) in [6, 6.07) is 6.56. The Morgan fingerprint density at radius 2 is 2.15 bits per heavy atom. The second-order valence-electron chi connectivity index (χ2n) is 6.24. The van der Waals surface area contributed by atoms with Crippen LogP contribution in [-0.4, -0.2) is 30.0 Å². The van der Waals surface area contributed by atoms with Gasteiger partial charge in [0, 0.05) is 25.4 Å². The Morgan fingerprint density at radius 1 is 1.38 bits per heavy atom. The van der Waals surface area contributed by atoms with E-state index in [1.54, 1.807) is 18.2 Å². The SMILES string of the molecule is CC1CCNCC1NC(=O)CCc1ncc(-c2ccccc2F)o1.Cl.Cl. The Labute approximate surface area is 165 Å². The van der Waals surface area contributed by atoms with Crippen molar-refractivity contribution in [3.05, 3.63) is 42.2 Å². The molecule has 26 heavy (non-hydrogen) atoms. The number of hydrogen-bond acceptors (Lipinski definition) is 4. The van der Waals surface area contributed by atoms with Crippen molar-refractivity contribution in [2.75, 3.05) is 13.1 Å². The minimum Gasteiger partial charge on any atom is -0.441 e. The monoisotopic (exact) mass is 403 g/mol. The maximum Gasteiger partial charge on any atom is 0.220 e. The third-order valence-electron chi connectivity index (χ3n) is 4.43. The van der Waals surface area contributed by atoms with Gasteiger partial charge in [-0.1, -0.05) is 19.1 Å². The summed E-state index contributed by atoms with van der Waals surface area (Å²) in [7, 11) is 0. The van der Waals surface area contributed by atoms with Crippen LogP contribution in [0.25, 0.3) is 11.3 Å². The van der Waals surface area contributed by atoms with Crippen molar-refractivity contribution in [1.29, 1.82) is 0 Å². The van der Waals surface area contributed by atoms with Crippen LogP contribution in [-0.2, 0) is 11.2 Å². The summed E-state index contributed by atoms with van der Waals surface area (Å²) in [6.07, 6.45) is 3.27. The molecule has 1 fully saturated rings. The van der Waals surface area contributed by atoms with E-state index in [0.717, 1.165) is 19.5 Å². The first-order valence-corrected chi connectivity index (χ1v) is 8.33. The van der Waals surface area contributed by atoms with E-state index in [4.69, 9.17) is 4.42 Å². The first-order valence-electron chi connectivity index (χ1n) is 8.33. The molecule has 5 nitrogen and oxygen atoms in total. The third-order valence-corrected chi connectivity index (χ3v) is 4.43. The second-order valence-corrected chi connectivity index (χ2v) is 6.24. The molecule has 2 atom stereocenters. The number of aromatic nitrogens is 1. The molecule has 2 aromatic rings.